The van der Waals surface area contributed by atoms with Crippen LogP contribution in [0.3, 0.4) is 0 Å². The van der Waals surface area contributed by atoms with Crippen LogP contribution in [-0.4, -0.2) is 47.9 Å². The molecule has 5 nitrogen and oxygen atoms in total. The number of nitrogens with zero attached hydrogens (tertiary/aromatic N) is 2. The molecule has 2 heterocycles. The van der Waals surface area contributed by atoms with E-state index in [1.807, 2.05) is 6.07 Å². The topological polar surface area (TPSA) is 52.7 Å². The van der Waals surface area contributed by atoms with Crippen LogP contribution in [-0.2, 0) is 17.8 Å². The zero-order chi connectivity index (χ0) is 18.7. The Morgan fingerprint density at radius 2 is 2.08 bits per heavy atom. The molecule has 0 saturated carbocycles. The lowest BCUT2D eigenvalue weighted by atomic mass is 9.94. The summed E-state index contributed by atoms with van der Waals surface area (Å²) >= 11 is 0. The molecule has 1 aromatic carbocycles. The van der Waals surface area contributed by atoms with Gasteiger partial charge in [-0.3, -0.25) is 4.79 Å². The molecule has 142 valence electrons. The number of carbonyl (C=O) groups is 2. The third kappa shape index (κ3) is 4.17. The van der Waals surface area contributed by atoms with Crippen LogP contribution in [0, 0.1) is 17.7 Å². The Morgan fingerprint density at radius 3 is 2.85 bits per heavy atom. The van der Waals surface area contributed by atoms with Crippen LogP contribution in [0.2, 0.25) is 0 Å². The molecule has 2 aliphatic rings. The molecule has 1 saturated heterocycles. The number of amides is 3. The Bertz CT molecular complexity index is 677. The number of carbonyl (C=O) groups excluding carboxylic acids is 2. The standard InChI is InChI=1S/C20H28FN3O2/c1-14(2)11-22-20(26)24-9-4-6-16(12-24)19(25)23-10-8-15-5-3-7-18(21)17(15)13-23/h3,5,7,14,16H,4,6,8-13H2,1-2H3,(H,22,26). The third-order valence-electron chi connectivity index (χ3n) is 5.25. The highest BCUT2D eigenvalue weighted by atomic mass is 19.1. The average Bonchev–Trinajstić information content (AvgIpc) is 2.65. The van der Waals surface area contributed by atoms with Crippen LogP contribution >= 0.6 is 0 Å². The van der Waals surface area contributed by atoms with Crippen molar-refractivity contribution in [1.82, 2.24) is 15.1 Å². The molecular weight excluding hydrogens is 333 g/mol. The minimum absolute atomic E-state index is 0.0419. The molecule has 0 spiro atoms. The molecule has 3 amide bonds. The molecule has 26 heavy (non-hydrogen) atoms. The van der Waals surface area contributed by atoms with Gasteiger partial charge in [0.1, 0.15) is 5.82 Å². The summed E-state index contributed by atoms with van der Waals surface area (Å²) < 4.78 is 14.1. The van der Waals surface area contributed by atoms with E-state index in [-0.39, 0.29) is 23.7 Å². The summed E-state index contributed by atoms with van der Waals surface area (Å²) in [5.74, 6) is 0.00459. The van der Waals surface area contributed by atoms with Crippen LogP contribution < -0.4 is 5.32 Å². The number of likely N-dealkylation sites (tertiary alicyclic amines) is 1. The number of hydrogen-bond donors (Lipinski definition) is 1. The van der Waals surface area contributed by atoms with Gasteiger partial charge >= 0.3 is 6.03 Å². The summed E-state index contributed by atoms with van der Waals surface area (Å²) in [6.45, 7) is 6.82. The Balaban J connectivity index is 1.61. The fourth-order valence-corrected chi connectivity index (χ4v) is 3.75. The molecule has 2 aliphatic heterocycles. The summed E-state index contributed by atoms with van der Waals surface area (Å²) in [6, 6.07) is 5.02. The van der Waals surface area contributed by atoms with E-state index in [0.717, 1.165) is 18.4 Å². The van der Waals surface area contributed by atoms with E-state index < -0.39 is 0 Å². The number of nitrogens with one attached hydrogen (secondary N) is 1. The Labute approximate surface area is 154 Å². The summed E-state index contributed by atoms with van der Waals surface area (Å²) in [5, 5.41) is 2.92. The van der Waals surface area contributed by atoms with Crippen molar-refractivity contribution in [3.63, 3.8) is 0 Å². The second kappa shape index (κ2) is 8.06. The normalized spacial score (nSPS) is 20.1. The average molecular weight is 361 g/mol. The fourth-order valence-electron chi connectivity index (χ4n) is 3.75. The van der Waals surface area contributed by atoms with Gasteiger partial charge in [-0.25, -0.2) is 9.18 Å². The highest BCUT2D eigenvalue weighted by molar-refractivity contribution is 5.81. The minimum atomic E-state index is -0.238. The lowest BCUT2D eigenvalue weighted by Gasteiger charge is -2.36. The van der Waals surface area contributed by atoms with E-state index in [2.05, 4.69) is 19.2 Å². The van der Waals surface area contributed by atoms with Crippen LogP contribution in [0.5, 0.6) is 0 Å². The van der Waals surface area contributed by atoms with Crippen molar-refractivity contribution in [3.05, 3.63) is 35.1 Å². The number of benzene rings is 1. The van der Waals surface area contributed by atoms with Crippen molar-refractivity contribution < 1.29 is 14.0 Å². The van der Waals surface area contributed by atoms with Gasteiger partial charge in [-0.1, -0.05) is 26.0 Å². The monoisotopic (exact) mass is 361 g/mol. The molecular formula is C20H28FN3O2. The SMILES string of the molecule is CC(C)CNC(=O)N1CCCC(C(=O)N2CCc3cccc(F)c3C2)C1. The van der Waals surface area contributed by atoms with Gasteiger partial charge in [0.2, 0.25) is 5.91 Å². The van der Waals surface area contributed by atoms with E-state index in [1.54, 1.807) is 15.9 Å². The first-order chi connectivity index (χ1) is 12.5. The van der Waals surface area contributed by atoms with Crippen molar-refractivity contribution in [3.8, 4) is 0 Å². The molecule has 1 aromatic rings. The largest absolute Gasteiger partial charge is 0.338 e. The third-order valence-corrected chi connectivity index (χ3v) is 5.25. The number of piperidine rings is 1. The predicted molar refractivity (Wildman–Crippen MR) is 98.1 cm³/mol. The lowest BCUT2D eigenvalue weighted by Crippen LogP contribution is -2.50. The molecule has 6 heteroatoms. The molecule has 1 N–H and O–H groups in total. The van der Waals surface area contributed by atoms with Gasteiger partial charge in [-0.05, 0) is 36.8 Å². The van der Waals surface area contributed by atoms with Crippen LogP contribution in [0.25, 0.3) is 0 Å². The van der Waals surface area contributed by atoms with Crippen molar-refractivity contribution >= 4 is 11.9 Å². The maximum Gasteiger partial charge on any atom is 0.317 e. The minimum Gasteiger partial charge on any atom is -0.338 e. The Hall–Kier alpha value is -2.11. The smallest absolute Gasteiger partial charge is 0.317 e. The van der Waals surface area contributed by atoms with Crippen LogP contribution in [0.4, 0.5) is 9.18 Å². The number of rotatable bonds is 3. The number of hydrogen-bond acceptors (Lipinski definition) is 2. The maximum atomic E-state index is 14.1. The van der Waals surface area contributed by atoms with Crippen molar-refractivity contribution in [1.29, 1.82) is 0 Å². The molecule has 0 radical (unpaired) electrons. The maximum absolute atomic E-state index is 14.1. The quantitative estimate of drug-likeness (QED) is 0.900. The first kappa shape index (κ1) is 18.7. The van der Waals surface area contributed by atoms with Gasteiger partial charge in [0.25, 0.3) is 0 Å². The second-order valence-electron chi connectivity index (χ2n) is 7.75. The van der Waals surface area contributed by atoms with E-state index in [9.17, 15) is 14.0 Å². The van der Waals surface area contributed by atoms with Gasteiger partial charge < -0.3 is 15.1 Å². The Morgan fingerprint density at radius 1 is 1.27 bits per heavy atom. The van der Waals surface area contributed by atoms with Gasteiger partial charge in [0.05, 0.1) is 5.92 Å². The number of halogens is 1. The molecule has 0 aromatic heterocycles. The van der Waals surface area contributed by atoms with Crippen molar-refractivity contribution in [2.75, 3.05) is 26.2 Å². The van der Waals surface area contributed by atoms with E-state index in [0.29, 0.717) is 50.6 Å². The van der Waals surface area contributed by atoms with E-state index in [4.69, 9.17) is 0 Å². The first-order valence-corrected chi connectivity index (χ1v) is 9.53. The van der Waals surface area contributed by atoms with E-state index >= 15 is 0 Å². The Kier molecular flexibility index (Phi) is 5.79. The predicted octanol–water partition coefficient (Wildman–Crippen LogP) is 2.79. The van der Waals surface area contributed by atoms with Gasteiger partial charge in [0.15, 0.2) is 0 Å². The lowest BCUT2D eigenvalue weighted by molar-refractivity contribution is -0.137. The number of urea groups is 1. The zero-order valence-electron chi connectivity index (χ0n) is 15.6. The molecule has 0 aliphatic carbocycles. The summed E-state index contributed by atoms with van der Waals surface area (Å²) in [6.07, 6.45) is 2.29. The molecule has 3 rings (SSSR count). The second-order valence-corrected chi connectivity index (χ2v) is 7.75. The van der Waals surface area contributed by atoms with Crippen molar-refractivity contribution in [2.45, 2.75) is 39.7 Å². The fraction of sp³-hybridized carbons (Fsp3) is 0.600. The number of fused-ring (bicyclic) bond motifs is 1. The molecule has 1 atom stereocenters. The summed E-state index contributed by atoms with van der Waals surface area (Å²) in [4.78, 5) is 28.7. The van der Waals surface area contributed by atoms with Gasteiger partial charge in [-0.15, -0.1) is 0 Å². The van der Waals surface area contributed by atoms with Crippen LogP contribution in [0.1, 0.15) is 37.8 Å². The zero-order valence-corrected chi connectivity index (χ0v) is 15.6. The first-order valence-electron chi connectivity index (χ1n) is 9.53. The summed E-state index contributed by atoms with van der Waals surface area (Å²) in [7, 11) is 0. The van der Waals surface area contributed by atoms with Crippen LogP contribution in [0.15, 0.2) is 18.2 Å². The molecule has 1 unspecified atom stereocenters. The van der Waals surface area contributed by atoms with Gasteiger partial charge in [0, 0.05) is 38.3 Å². The molecule has 1 fully saturated rings. The van der Waals surface area contributed by atoms with Gasteiger partial charge in [-0.2, -0.15) is 0 Å². The highest BCUT2D eigenvalue weighted by Crippen LogP contribution is 2.25. The van der Waals surface area contributed by atoms with E-state index in [1.165, 1.54) is 6.07 Å². The van der Waals surface area contributed by atoms with Crippen molar-refractivity contribution in [2.24, 2.45) is 11.8 Å². The summed E-state index contributed by atoms with van der Waals surface area (Å²) in [5.41, 5.74) is 1.63. The molecule has 0 bridgehead atoms. The highest BCUT2D eigenvalue weighted by Gasteiger charge is 2.33.